The second-order valence-corrected chi connectivity index (χ2v) is 5.26. The van der Waals surface area contributed by atoms with Gasteiger partial charge < -0.3 is 10.5 Å². The molecule has 0 bridgehead atoms. The second kappa shape index (κ2) is 4.71. The molecular weight excluding hydrogens is 309 g/mol. The van der Waals surface area contributed by atoms with Crippen molar-refractivity contribution in [3.05, 3.63) is 32.9 Å². The van der Waals surface area contributed by atoms with Crippen molar-refractivity contribution < 1.29 is 4.74 Å². The van der Waals surface area contributed by atoms with Crippen molar-refractivity contribution in [2.45, 2.75) is 6.42 Å². The van der Waals surface area contributed by atoms with E-state index < -0.39 is 0 Å². The number of anilines is 1. The summed E-state index contributed by atoms with van der Waals surface area (Å²) in [4.78, 5) is 8.00. The molecule has 1 aromatic carbocycles. The van der Waals surface area contributed by atoms with Crippen LogP contribution in [0.25, 0.3) is 11.3 Å². The largest absolute Gasteiger partial charge is 0.491 e. The Morgan fingerprint density at radius 2 is 1.89 bits per heavy atom. The van der Waals surface area contributed by atoms with Gasteiger partial charge in [-0.05, 0) is 6.07 Å². The number of nitrogens with zero attached hydrogens (tertiary/aromatic N) is 2. The summed E-state index contributed by atoms with van der Waals surface area (Å²) in [7, 11) is 0. The molecule has 2 aromatic rings. The van der Waals surface area contributed by atoms with Crippen molar-refractivity contribution >= 4 is 40.8 Å². The van der Waals surface area contributed by atoms with Gasteiger partial charge in [-0.2, -0.15) is 0 Å². The molecule has 0 atom stereocenters. The minimum Gasteiger partial charge on any atom is -0.491 e. The molecular formula is C12H8Cl3N3O. The zero-order valence-electron chi connectivity index (χ0n) is 9.58. The monoisotopic (exact) mass is 315 g/mol. The number of ether oxygens (including phenoxy) is 1. The number of aromatic nitrogens is 2. The molecule has 0 spiro atoms. The van der Waals surface area contributed by atoms with Crippen molar-refractivity contribution in [2.75, 3.05) is 12.3 Å². The zero-order valence-corrected chi connectivity index (χ0v) is 11.9. The van der Waals surface area contributed by atoms with E-state index in [4.69, 9.17) is 45.3 Å². The van der Waals surface area contributed by atoms with Gasteiger partial charge in [0.1, 0.15) is 10.9 Å². The fourth-order valence-electron chi connectivity index (χ4n) is 2.14. The minimum absolute atomic E-state index is 0.0983. The number of fused-ring (bicyclic) bond motifs is 1. The topological polar surface area (TPSA) is 61.0 Å². The van der Waals surface area contributed by atoms with Gasteiger partial charge in [-0.15, -0.1) is 0 Å². The number of hydrogen-bond acceptors (Lipinski definition) is 4. The van der Waals surface area contributed by atoms with E-state index in [9.17, 15) is 0 Å². The van der Waals surface area contributed by atoms with Crippen LogP contribution in [0.15, 0.2) is 12.1 Å². The molecule has 1 aliphatic heterocycles. The number of hydrogen-bond donors (Lipinski definition) is 1. The van der Waals surface area contributed by atoms with Crippen LogP contribution in [0.3, 0.4) is 0 Å². The van der Waals surface area contributed by atoms with Gasteiger partial charge in [0.05, 0.1) is 22.3 Å². The highest BCUT2D eigenvalue weighted by Crippen LogP contribution is 2.44. The first-order valence-corrected chi connectivity index (χ1v) is 6.63. The summed E-state index contributed by atoms with van der Waals surface area (Å²) >= 11 is 18.3. The Morgan fingerprint density at radius 1 is 1.11 bits per heavy atom. The van der Waals surface area contributed by atoms with E-state index in [1.807, 2.05) is 0 Å². The number of nitrogens with two attached hydrogens (primary N) is 1. The average Bonchev–Trinajstić information content (AvgIpc) is 2.76. The van der Waals surface area contributed by atoms with Gasteiger partial charge in [-0.25, -0.2) is 9.97 Å². The van der Waals surface area contributed by atoms with E-state index in [-0.39, 0.29) is 11.1 Å². The van der Waals surface area contributed by atoms with Crippen molar-refractivity contribution in [3.8, 4) is 17.0 Å². The first-order chi connectivity index (χ1) is 9.06. The van der Waals surface area contributed by atoms with Crippen molar-refractivity contribution in [1.29, 1.82) is 0 Å². The van der Waals surface area contributed by atoms with Crippen LogP contribution in [-0.4, -0.2) is 16.6 Å². The summed E-state index contributed by atoms with van der Waals surface area (Å²) in [6.45, 7) is 0.566. The lowest BCUT2D eigenvalue weighted by Gasteiger charge is -2.11. The highest BCUT2D eigenvalue weighted by Gasteiger charge is 2.24. The Labute approximate surface area is 124 Å². The van der Waals surface area contributed by atoms with Crippen LogP contribution >= 0.6 is 34.8 Å². The number of rotatable bonds is 1. The fraction of sp³-hybridized carbons (Fsp3) is 0.167. The highest BCUT2D eigenvalue weighted by molar-refractivity contribution is 6.37. The maximum absolute atomic E-state index is 6.27. The Hall–Kier alpha value is -1.23. The van der Waals surface area contributed by atoms with Gasteiger partial charge in [-0.1, -0.05) is 34.8 Å². The highest BCUT2D eigenvalue weighted by atomic mass is 35.5. The van der Waals surface area contributed by atoms with E-state index in [1.165, 1.54) is 0 Å². The Bertz CT molecular complexity index is 656. The molecule has 0 unspecified atom stereocenters. The molecule has 0 radical (unpaired) electrons. The Morgan fingerprint density at radius 3 is 2.63 bits per heavy atom. The van der Waals surface area contributed by atoms with E-state index in [1.54, 1.807) is 12.1 Å². The fourth-order valence-corrected chi connectivity index (χ4v) is 2.98. The first-order valence-electron chi connectivity index (χ1n) is 5.50. The van der Waals surface area contributed by atoms with Gasteiger partial charge in [0.2, 0.25) is 5.95 Å². The van der Waals surface area contributed by atoms with Crippen molar-refractivity contribution in [2.24, 2.45) is 0 Å². The van der Waals surface area contributed by atoms with Crippen molar-refractivity contribution in [3.63, 3.8) is 0 Å². The number of benzene rings is 1. The van der Waals surface area contributed by atoms with Crippen LogP contribution in [-0.2, 0) is 6.42 Å². The molecule has 7 heteroatoms. The molecule has 2 heterocycles. The smallest absolute Gasteiger partial charge is 0.221 e. The molecule has 1 aliphatic rings. The maximum Gasteiger partial charge on any atom is 0.221 e. The molecule has 0 saturated carbocycles. The quantitative estimate of drug-likeness (QED) is 0.816. The van der Waals surface area contributed by atoms with Crippen molar-refractivity contribution in [1.82, 2.24) is 9.97 Å². The van der Waals surface area contributed by atoms with E-state index in [0.717, 1.165) is 11.1 Å². The molecule has 0 saturated heterocycles. The summed E-state index contributed by atoms with van der Waals surface area (Å²) in [5.74, 6) is 0.746. The molecule has 98 valence electrons. The molecule has 19 heavy (non-hydrogen) atoms. The van der Waals surface area contributed by atoms with E-state index in [2.05, 4.69) is 9.97 Å². The second-order valence-electron chi connectivity index (χ2n) is 4.06. The maximum atomic E-state index is 6.27. The van der Waals surface area contributed by atoms with Gasteiger partial charge in [0, 0.05) is 23.6 Å². The summed E-state index contributed by atoms with van der Waals surface area (Å²) in [6.07, 6.45) is 0.715. The third kappa shape index (κ3) is 2.20. The van der Waals surface area contributed by atoms with Gasteiger partial charge in [0.25, 0.3) is 0 Å². The lowest BCUT2D eigenvalue weighted by atomic mass is 10.0. The molecule has 2 N–H and O–H groups in total. The van der Waals surface area contributed by atoms with Gasteiger partial charge in [0.15, 0.2) is 0 Å². The first kappa shape index (κ1) is 12.8. The minimum atomic E-state index is 0.0983. The van der Waals surface area contributed by atoms with Gasteiger partial charge >= 0.3 is 0 Å². The number of nitrogen functional groups attached to an aromatic ring is 1. The summed E-state index contributed by atoms with van der Waals surface area (Å²) in [6, 6.07) is 3.25. The summed E-state index contributed by atoms with van der Waals surface area (Å²) in [5, 5.41) is 1.25. The third-order valence-corrected chi connectivity index (χ3v) is 3.62. The van der Waals surface area contributed by atoms with Gasteiger partial charge in [-0.3, -0.25) is 0 Å². The lowest BCUT2D eigenvalue weighted by molar-refractivity contribution is 0.357. The normalized spacial score (nSPS) is 13.2. The van der Waals surface area contributed by atoms with Crippen LogP contribution in [0, 0.1) is 0 Å². The van der Waals surface area contributed by atoms with Crippen LogP contribution < -0.4 is 10.5 Å². The number of halogens is 3. The van der Waals surface area contributed by atoms with E-state index in [0.29, 0.717) is 34.5 Å². The summed E-state index contributed by atoms with van der Waals surface area (Å²) < 4.78 is 5.51. The molecule has 0 fully saturated rings. The molecule has 0 amide bonds. The SMILES string of the molecule is Nc1nc(Cl)cc(-c2c(Cl)cc(Cl)c3c2CCO3)n1. The summed E-state index contributed by atoms with van der Waals surface area (Å²) in [5.41, 5.74) is 7.85. The molecule has 0 aliphatic carbocycles. The average molecular weight is 317 g/mol. The molecule has 4 nitrogen and oxygen atoms in total. The predicted octanol–water partition coefficient (Wildman–Crippen LogP) is 3.62. The molecule has 1 aromatic heterocycles. The Kier molecular flexibility index (Phi) is 3.17. The molecule has 3 rings (SSSR count). The standard InChI is InChI=1S/C12H8Cl3N3O/c13-6-3-7(14)11-5(1-2-19-11)10(6)8-4-9(15)18-12(16)17-8/h3-4H,1-2H2,(H2,16,17,18). The van der Waals surface area contributed by atoms with E-state index >= 15 is 0 Å². The van der Waals surface area contributed by atoms with Crippen LogP contribution in [0.5, 0.6) is 5.75 Å². The lowest BCUT2D eigenvalue weighted by Crippen LogP contribution is -1.98. The Balaban J connectivity index is 2.28. The zero-order chi connectivity index (χ0) is 13.6. The third-order valence-electron chi connectivity index (χ3n) is 2.85. The van der Waals surface area contributed by atoms with Crippen LogP contribution in [0.1, 0.15) is 5.56 Å². The van der Waals surface area contributed by atoms with Crippen LogP contribution in [0.2, 0.25) is 15.2 Å². The predicted molar refractivity (Wildman–Crippen MR) is 76.1 cm³/mol. The van der Waals surface area contributed by atoms with Crippen LogP contribution in [0.4, 0.5) is 5.95 Å².